The monoisotopic (exact) mass is 424 g/mol. The Labute approximate surface area is 176 Å². The lowest BCUT2D eigenvalue weighted by molar-refractivity contribution is 0.0920. The highest BCUT2D eigenvalue weighted by Gasteiger charge is 2.17. The van der Waals surface area contributed by atoms with Crippen LogP contribution in [0.1, 0.15) is 16.8 Å². The second-order valence-corrected chi connectivity index (χ2v) is 7.18. The van der Waals surface area contributed by atoms with E-state index in [2.05, 4.69) is 16.0 Å². The molecular formula is C21H14Cl2N4O2. The molecule has 29 heavy (non-hydrogen) atoms. The number of aromatic nitrogens is 3. The van der Waals surface area contributed by atoms with E-state index in [1.165, 1.54) is 6.33 Å². The SMILES string of the molecule is N#CCCn1cc(C(=O)COc2ncnc3c(Cl)cc(Cl)cc23)c2ccccc21. The number of hydrogen-bond acceptors (Lipinski definition) is 5. The molecule has 2 aromatic carbocycles. The van der Waals surface area contributed by atoms with Crippen LogP contribution >= 0.6 is 23.2 Å². The van der Waals surface area contributed by atoms with Gasteiger partial charge in [-0.1, -0.05) is 41.4 Å². The molecule has 2 heterocycles. The van der Waals surface area contributed by atoms with Gasteiger partial charge in [0.25, 0.3) is 0 Å². The molecule has 0 saturated carbocycles. The maximum absolute atomic E-state index is 12.9. The van der Waals surface area contributed by atoms with E-state index in [4.69, 9.17) is 33.2 Å². The summed E-state index contributed by atoms with van der Waals surface area (Å²) in [5, 5.41) is 11.0. The summed E-state index contributed by atoms with van der Waals surface area (Å²) in [6.07, 6.45) is 3.45. The number of rotatable bonds is 6. The van der Waals surface area contributed by atoms with E-state index < -0.39 is 0 Å². The lowest BCUT2D eigenvalue weighted by atomic mass is 10.1. The molecule has 0 unspecified atom stereocenters. The van der Waals surface area contributed by atoms with Crippen LogP contribution in [0.3, 0.4) is 0 Å². The van der Waals surface area contributed by atoms with Crippen molar-refractivity contribution in [3.63, 3.8) is 0 Å². The van der Waals surface area contributed by atoms with E-state index in [0.717, 1.165) is 10.9 Å². The number of carbonyl (C=O) groups is 1. The van der Waals surface area contributed by atoms with Crippen molar-refractivity contribution in [1.29, 1.82) is 5.26 Å². The fraction of sp³-hybridized carbons (Fsp3) is 0.143. The van der Waals surface area contributed by atoms with E-state index >= 15 is 0 Å². The molecule has 0 fully saturated rings. The maximum Gasteiger partial charge on any atom is 0.225 e. The van der Waals surface area contributed by atoms with E-state index in [0.29, 0.717) is 39.5 Å². The number of carbonyl (C=O) groups excluding carboxylic acids is 1. The molecule has 2 aromatic heterocycles. The van der Waals surface area contributed by atoms with Crippen molar-refractivity contribution < 1.29 is 9.53 Å². The Hall–Kier alpha value is -3.14. The van der Waals surface area contributed by atoms with Gasteiger partial charge >= 0.3 is 0 Å². The molecule has 0 atom stereocenters. The topological polar surface area (TPSA) is 80.8 Å². The fourth-order valence-electron chi connectivity index (χ4n) is 3.22. The molecule has 0 spiro atoms. The van der Waals surface area contributed by atoms with Gasteiger partial charge in [-0.2, -0.15) is 5.26 Å². The minimum absolute atomic E-state index is 0.197. The fourth-order valence-corrected chi connectivity index (χ4v) is 3.76. The van der Waals surface area contributed by atoms with Gasteiger partial charge in [-0.15, -0.1) is 0 Å². The Morgan fingerprint density at radius 3 is 2.83 bits per heavy atom. The quantitative estimate of drug-likeness (QED) is 0.403. The first-order chi connectivity index (χ1) is 14.1. The Bertz CT molecular complexity index is 1280. The van der Waals surface area contributed by atoms with Crippen LogP contribution in [-0.4, -0.2) is 26.9 Å². The third kappa shape index (κ3) is 3.75. The standard InChI is InChI=1S/C21H14Cl2N4O2/c22-13-8-15-20(17(23)9-13)25-12-26-21(15)29-11-19(28)16-10-27(7-3-6-24)18-5-2-1-4-14(16)18/h1-2,4-5,8-10,12H,3,7,11H2. The van der Waals surface area contributed by atoms with Crippen molar-refractivity contribution >= 4 is 50.8 Å². The van der Waals surface area contributed by atoms with Gasteiger partial charge in [0.15, 0.2) is 6.61 Å². The molecule has 8 heteroatoms. The number of nitriles is 1. The number of halogens is 2. The Balaban J connectivity index is 1.63. The summed E-state index contributed by atoms with van der Waals surface area (Å²) in [7, 11) is 0. The Morgan fingerprint density at radius 2 is 2.00 bits per heavy atom. The lowest BCUT2D eigenvalue weighted by Gasteiger charge is -2.08. The van der Waals surface area contributed by atoms with E-state index in [-0.39, 0.29) is 18.3 Å². The highest BCUT2D eigenvalue weighted by Crippen LogP contribution is 2.31. The number of ketones is 1. The van der Waals surface area contributed by atoms with Crippen molar-refractivity contribution in [1.82, 2.24) is 14.5 Å². The van der Waals surface area contributed by atoms with Gasteiger partial charge in [0.1, 0.15) is 6.33 Å². The third-order valence-corrected chi connectivity index (χ3v) is 5.02. The average molecular weight is 425 g/mol. The highest BCUT2D eigenvalue weighted by atomic mass is 35.5. The predicted octanol–water partition coefficient (Wildman–Crippen LogP) is 5.07. The molecule has 0 aliphatic carbocycles. The zero-order valence-corrected chi connectivity index (χ0v) is 16.6. The molecule has 144 valence electrons. The zero-order valence-electron chi connectivity index (χ0n) is 15.1. The zero-order chi connectivity index (χ0) is 20.4. The average Bonchev–Trinajstić information content (AvgIpc) is 3.09. The van der Waals surface area contributed by atoms with Crippen molar-refractivity contribution in [2.24, 2.45) is 0 Å². The van der Waals surface area contributed by atoms with Crippen LogP contribution in [0.2, 0.25) is 10.0 Å². The van der Waals surface area contributed by atoms with Gasteiger partial charge in [-0.05, 0) is 18.2 Å². The van der Waals surface area contributed by atoms with Crippen LogP contribution in [0.15, 0.2) is 48.9 Å². The van der Waals surface area contributed by atoms with Gasteiger partial charge in [0.05, 0.1) is 28.4 Å². The van der Waals surface area contributed by atoms with Crippen molar-refractivity contribution in [2.75, 3.05) is 6.61 Å². The third-order valence-electron chi connectivity index (χ3n) is 4.51. The largest absolute Gasteiger partial charge is 0.469 e. The molecule has 6 nitrogen and oxygen atoms in total. The molecular weight excluding hydrogens is 411 g/mol. The predicted molar refractivity (Wildman–Crippen MR) is 112 cm³/mol. The van der Waals surface area contributed by atoms with Gasteiger partial charge in [-0.25, -0.2) is 9.97 Å². The van der Waals surface area contributed by atoms with Gasteiger partial charge in [0.2, 0.25) is 11.7 Å². The molecule has 0 radical (unpaired) electrons. The molecule has 0 amide bonds. The van der Waals surface area contributed by atoms with Crippen LogP contribution < -0.4 is 4.74 Å². The van der Waals surface area contributed by atoms with E-state index in [9.17, 15) is 4.79 Å². The second kappa shape index (κ2) is 8.08. The molecule has 0 aliphatic rings. The number of Topliss-reactive ketones (excluding diaryl/α,β-unsaturated/α-hetero) is 1. The van der Waals surface area contributed by atoms with Crippen molar-refractivity contribution in [2.45, 2.75) is 13.0 Å². The number of fused-ring (bicyclic) bond motifs is 2. The summed E-state index contributed by atoms with van der Waals surface area (Å²) >= 11 is 12.3. The van der Waals surface area contributed by atoms with Gasteiger partial charge in [0, 0.05) is 34.2 Å². The number of aryl methyl sites for hydroxylation is 1. The minimum Gasteiger partial charge on any atom is -0.469 e. The normalized spacial score (nSPS) is 10.9. The molecule has 0 N–H and O–H groups in total. The van der Waals surface area contributed by atoms with Crippen LogP contribution in [0, 0.1) is 11.3 Å². The lowest BCUT2D eigenvalue weighted by Crippen LogP contribution is -2.12. The first-order valence-electron chi connectivity index (χ1n) is 8.79. The number of nitrogens with zero attached hydrogens (tertiary/aromatic N) is 4. The van der Waals surface area contributed by atoms with Crippen LogP contribution in [0.25, 0.3) is 21.8 Å². The van der Waals surface area contributed by atoms with E-state index in [1.54, 1.807) is 18.3 Å². The maximum atomic E-state index is 12.9. The molecule has 0 aliphatic heterocycles. The minimum atomic E-state index is -0.206. The van der Waals surface area contributed by atoms with Crippen LogP contribution in [0.5, 0.6) is 5.88 Å². The number of hydrogen-bond donors (Lipinski definition) is 0. The van der Waals surface area contributed by atoms with Crippen molar-refractivity contribution in [3.05, 3.63) is 64.5 Å². The molecule has 0 saturated heterocycles. The Kier molecular flexibility index (Phi) is 5.34. The van der Waals surface area contributed by atoms with Crippen molar-refractivity contribution in [3.8, 4) is 11.9 Å². The summed E-state index contributed by atoms with van der Waals surface area (Å²) in [4.78, 5) is 21.2. The molecule has 4 aromatic rings. The van der Waals surface area contributed by atoms with Crippen LogP contribution in [0.4, 0.5) is 0 Å². The first kappa shape index (κ1) is 19.2. The summed E-state index contributed by atoms with van der Waals surface area (Å²) in [6.45, 7) is 0.307. The Morgan fingerprint density at radius 1 is 1.17 bits per heavy atom. The van der Waals surface area contributed by atoms with E-state index in [1.807, 2.05) is 28.8 Å². The molecule has 4 rings (SSSR count). The number of ether oxygens (including phenoxy) is 1. The van der Waals surface area contributed by atoms with Crippen LogP contribution in [-0.2, 0) is 6.54 Å². The van der Waals surface area contributed by atoms with Gasteiger partial charge < -0.3 is 9.30 Å². The molecule has 0 bridgehead atoms. The van der Waals surface area contributed by atoms with Gasteiger partial charge in [-0.3, -0.25) is 4.79 Å². The highest BCUT2D eigenvalue weighted by molar-refractivity contribution is 6.38. The summed E-state index contributed by atoms with van der Waals surface area (Å²) in [6, 6.07) is 12.9. The first-order valence-corrected chi connectivity index (χ1v) is 9.54. The summed E-state index contributed by atoms with van der Waals surface area (Å²) < 4.78 is 7.61. The smallest absolute Gasteiger partial charge is 0.225 e. The number of benzene rings is 2. The summed E-state index contributed by atoms with van der Waals surface area (Å²) in [5.74, 6) is 0.0396. The second-order valence-electron chi connectivity index (χ2n) is 6.34. The summed E-state index contributed by atoms with van der Waals surface area (Å²) in [5.41, 5.74) is 1.94. The number of para-hydroxylation sites is 1.